The zero-order valence-electron chi connectivity index (χ0n) is 6.45. The molecule has 6 heteroatoms. The molecule has 2 unspecified atom stereocenters. The average Bonchev–Trinajstić information content (AvgIpc) is 2.04. The second-order valence-corrected chi connectivity index (χ2v) is 2.58. The van der Waals surface area contributed by atoms with Gasteiger partial charge in [-0.15, -0.1) is 0 Å². The molecule has 1 rings (SSSR count). The molecule has 0 spiro atoms. The van der Waals surface area contributed by atoms with Gasteiger partial charge >= 0.3 is 11.5 Å². The van der Waals surface area contributed by atoms with E-state index in [1.807, 2.05) is 0 Å². The van der Waals surface area contributed by atoms with Crippen LogP contribution in [0, 0.1) is 10.1 Å². The van der Waals surface area contributed by atoms with E-state index >= 15 is 0 Å². The summed E-state index contributed by atoms with van der Waals surface area (Å²) >= 11 is 0. The predicted octanol–water partition coefficient (Wildman–Crippen LogP) is -0.427. The molecular weight excluding hydrogens is 178 g/mol. The summed E-state index contributed by atoms with van der Waals surface area (Å²) in [6.45, 7) is 0. The zero-order chi connectivity index (χ0) is 10.1. The van der Waals surface area contributed by atoms with Crippen LogP contribution in [0.15, 0.2) is 24.3 Å². The zero-order valence-corrected chi connectivity index (χ0v) is 6.45. The van der Waals surface area contributed by atoms with Crippen LogP contribution in [0.3, 0.4) is 0 Å². The number of hydrogen-bond acceptors (Lipinski definition) is 4. The molecule has 0 radical (unpaired) electrons. The number of nitrogens with zero attached hydrogens (tertiary/aromatic N) is 1. The summed E-state index contributed by atoms with van der Waals surface area (Å²) in [6.07, 6.45) is 2.88. The number of nitro groups is 1. The highest BCUT2D eigenvalue weighted by atomic mass is 16.6. The molecule has 2 N–H and O–H groups in total. The third kappa shape index (κ3) is 1.20. The van der Waals surface area contributed by atoms with Crippen LogP contribution in [0.5, 0.6) is 0 Å². The molecule has 0 amide bonds. The summed E-state index contributed by atoms with van der Waals surface area (Å²) in [7, 11) is 0. The molecule has 0 aromatic rings. The van der Waals surface area contributed by atoms with Crippen molar-refractivity contribution in [2.45, 2.75) is 11.6 Å². The lowest BCUT2D eigenvalue weighted by atomic mass is 9.89. The summed E-state index contributed by atoms with van der Waals surface area (Å²) in [6, 6.07) is 0. The third-order valence-electron chi connectivity index (χ3n) is 1.85. The highest BCUT2D eigenvalue weighted by molar-refractivity contribution is 5.81. The molecule has 6 nitrogen and oxygen atoms in total. The summed E-state index contributed by atoms with van der Waals surface area (Å²) < 4.78 is 0. The Kier molecular flexibility index (Phi) is 2.16. The van der Waals surface area contributed by atoms with Gasteiger partial charge in [0.05, 0.1) is 0 Å². The van der Waals surface area contributed by atoms with E-state index in [1.54, 1.807) is 0 Å². The maximum Gasteiger partial charge on any atom is 0.390 e. The topological polar surface area (TPSA) is 101 Å². The van der Waals surface area contributed by atoms with Gasteiger partial charge in [0.15, 0.2) is 6.10 Å². The van der Waals surface area contributed by atoms with Gasteiger partial charge in [0, 0.05) is 11.0 Å². The standard InChI is InChI=1S/C7H7NO5/c9-5-3-1-2-4-7(5,6(10)11)8(12)13/h1-5,9H,(H,10,11). The minimum atomic E-state index is -2.44. The Morgan fingerprint density at radius 3 is 2.46 bits per heavy atom. The smallest absolute Gasteiger partial charge is 0.390 e. The molecule has 0 saturated carbocycles. The number of rotatable bonds is 2. The monoisotopic (exact) mass is 185 g/mol. The highest BCUT2D eigenvalue weighted by Gasteiger charge is 2.55. The van der Waals surface area contributed by atoms with Crippen molar-refractivity contribution in [2.24, 2.45) is 0 Å². The molecule has 0 aromatic heterocycles. The normalized spacial score (nSPS) is 31.6. The van der Waals surface area contributed by atoms with Crippen molar-refractivity contribution in [1.82, 2.24) is 0 Å². The summed E-state index contributed by atoms with van der Waals surface area (Å²) in [5.41, 5.74) is -2.44. The van der Waals surface area contributed by atoms with Crippen LogP contribution in [0.2, 0.25) is 0 Å². The predicted molar refractivity (Wildman–Crippen MR) is 41.6 cm³/mol. The second kappa shape index (κ2) is 2.98. The molecule has 2 atom stereocenters. The number of carbonyl (C=O) groups is 1. The fourth-order valence-electron chi connectivity index (χ4n) is 1.06. The first-order valence-corrected chi connectivity index (χ1v) is 3.44. The Bertz CT molecular complexity index is 292. The SMILES string of the molecule is O=C(O)C1([N+](=O)[O-])C=CC=CC1O. The van der Waals surface area contributed by atoms with Crippen molar-refractivity contribution in [3.05, 3.63) is 34.4 Å². The average molecular weight is 185 g/mol. The summed E-state index contributed by atoms with van der Waals surface area (Å²) in [4.78, 5) is 20.1. The van der Waals surface area contributed by atoms with E-state index in [0.717, 1.165) is 12.2 Å². The van der Waals surface area contributed by atoms with Crippen molar-refractivity contribution in [3.8, 4) is 0 Å². The molecule has 13 heavy (non-hydrogen) atoms. The largest absolute Gasteiger partial charge is 0.476 e. The Balaban J connectivity index is 3.19. The van der Waals surface area contributed by atoms with Gasteiger partial charge < -0.3 is 10.2 Å². The van der Waals surface area contributed by atoms with E-state index < -0.39 is 22.5 Å². The van der Waals surface area contributed by atoms with Gasteiger partial charge in [0.1, 0.15) is 0 Å². The first kappa shape index (κ1) is 9.40. The van der Waals surface area contributed by atoms with Crippen LogP contribution in [0.4, 0.5) is 0 Å². The third-order valence-corrected chi connectivity index (χ3v) is 1.85. The van der Waals surface area contributed by atoms with E-state index in [2.05, 4.69) is 0 Å². The molecule has 0 aliphatic heterocycles. The van der Waals surface area contributed by atoms with E-state index in [4.69, 9.17) is 5.11 Å². The van der Waals surface area contributed by atoms with Crippen LogP contribution in [0.25, 0.3) is 0 Å². The maximum atomic E-state index is 10.6. The molecule has 1 aliphatic carbocycles. The van der Waals surface area contributed by atoms with Crippen LogP contribution in [-0.4, -0.2) is 32.7 Å². The Labute approximate surface area is 72.9 Å². The van der Waals surface area contributed by atoms with Crippen LogP contribution in [0.1, 0.15) is 0 Å². The van der Waals surface area contributed by atoms with Gasteiger partial charge in [-0.05, 0) is 6.08 Å². The molecular formula is C7H7NO5. The van der Waals surface area contributed by atoms with Gasteiger partial charge in [0.25, 0.3) is 0 Å². The number of aliphatic hydroxyl groups is 1. The first-order valence-electron chi connectivity index (χ1n) is 3.44. The number of carboxylic acids is 1. The van der Waals surface area contributed by atoms with Crippen molar-refractivity contribution in [1.29, 1.82) is 0 Å². The molecule has 0 bridgehead atoms. The first-order chi connectivity index (χ1) is 6.01. The van der Waals surface area contributed by atoms with Crippen LogP contribution in [-0.2, 0) is 4.79 Å². The maximum absolute atomic E-state index is 10.6. The molecule has 1 aliphatic rings. The second-order valence-electron chi connectivity index (χ2n) is 2.58. The van der Waals surface area contributed by atoms with Crippen molar-refractivity contribution in [2.75, 3.05) is 0 Å². The van der Waals surface area contributed by atoms with Crippen molar-refractivity contribution in [3.63, 3.8) is 0 Å². The molecule has 0 heterocycles. The fourth-order valence-corrected chi connectivity index (χ4v) is 1.06. The molecule has 0 aromatic carbocycles. The summed E-state index contributed by atoms with van der Waals surface area (Å²) in [5, 5.41) is 28.4. The van der Waals surface area contributed by atoms with Gasteiger partial charge in [-0.1, -0.05) is 12.2 Å². The highest BCUT2D eigenvalue weighted by Crippen LogP contribution is 2.22. The Morgan fingerprint density at radius 2 is 2.15 bits per heavy atom. The van der Waals surface area contributed by atoms with Crippen molar-refractivity contribution < 1.29 is 19.9 Å². The van der Waals surface area contributed by atoms with E-state index in [-0.39, 0.29) is 0 Å². The Hall–Kier alpha value is -1.69. The van der Waals surface area contributed by atoms with Gasteiger partial charge in [-0.3, -0.25) is 10.1 Å². The Morgan fingerprint density at radius 1 is 1.54 bits per heavy atom. The van der Waals surface area contributed by atoms with Gasteiger partial charge in [0.2, 0.25) is 0 Å². The lowest BCUT2D eigenvalue weighted by Crippen LogP contribution is -2.54. The molecule has 70 valence electrons. The number of aliphatic hydroxyl groups excluding tert-OH is 1. The van der Waals surface area contributed by atoms with Gasteiger partial charge in [-0.25, -0.2) is 4.79 Å². The van der Waals surface area contributed by atoms with Crippen LogP contribution >= 0.6 is 0 Å². The lowest BCUT2D eigenvalue weighted by Gasteiger charge is -2.22. The lowest BCUT2D eigenvalue weighted by molar-refractivity contribution is -0.550. The van der Waals surface area contributed by atoms with E-state index in [9.17, 15) is 20.0 Å². The minimum absolute atomic E-state index is 0.861. The van der Waals surface area contributed by atoms with Gasteiger partial charge in [-0.2, -0.15) is 0 Å². The number of aliphatic carboxylic acids is 1. The number of carboxylic acid groups (broad SMARTS) is 1. The summed E-state index contributed by atoms with van der Waals surface area (Å²) in [5.74, 6) is -1.68. The number of allylic oxidation sites excluding steroid dienone is 2. The van der Waals surface area contributed by atoms with E-state index in [1.165, 1.54) is 12.2 Å². The van der Waals surface area contributed by atoms with E-state index in [0.29, 0.717) is 0 Å². The van der Waals surface area contributed by atoms with Crippen molar-refractivity contribution >= 4 is 5.97 Å². The quantitative estimate of drug-likeness (QED) is 0.449. The van der Waals surface area contributed by atoms with Crippen LogP contribution < -0.4 is 0 Å². The molecule has 0 fully saturated rings. The number of hydrogen-bond donors (Lipinski definition) is 2. The minimum Gasteiger partial charge on any atom is -0.476 e. The fraction of sp³-hybridized carbons (Fsp3) is 0.286. The molecule has 0 saturated heterocycles.